The second-order valence-corrected chi connectivity index (χ2v) is 10.2. The van der Waals surface area contributed by atoms with E-state index in [0.29, 0.717) is 22.3 Å². The van der Waals surface area contributed by atoms with Crippen molar-refractivity contribution in [2.75, 3.05) is 20.0 Å². The molecule has 0 saturated heterocycles. The molecule has 3 N–H and O–H groups in total. The zero-order valence-corrected chi connectivity index (χ0v) is 21.1. The van der Waals surface area contributed by atoms with Crippen molar-refractivity contribution in [1.82, 2.24) is 15.4 Å². The Labute approximate surface area is 215 Å². The lowest BCUT2D eigenvalue weighted by atomic mass is 9.81. The highest BCUT2D eigenvalue weighted by molar-refractivity contribution is 7.46. The topological polar surface area (TPSA) is 140 Å². The molecule has 0 fully saturated rings. The summed E-state index contributed by atoms with van der Waals surface area (Å²) in [5, 5.41) is 12.9. The van der Waals surface area contributed by atoms with Crippen molar-refractivity contribution in [1.29, 1.82) is 5.26 Å². The summed E-state index contributed by atoms with van der Waals surface area (Å²) in [4.78, 5) is 27.2. The van der Waals surface area contributed by atoms with Gasteiger partial charge in [-0.15, -0.1) is 11.3 Å². The summed E-state index contributed by atoms with van der Waals surface area (Å²) in [7, 11) is -4.91. The molecule has 3 aromatic rings. The van der Waals surface area contributed by atoms with E-state index < -0.39 is 37.8 Å². The van der Waals surface area contributed by atoms with Crippen molar-refractivity contribution in [2.45, 2.75) is 18.4 Å². The molecule has 0 spiro atoms. The fourth-order valence-corrected chi connectivity index (χ4v) is 5.09. The van der Waals surface area contributed by atoms with Crippen molar-refractivity contribution in [2.24, 2.45) is 4.99 Å². The number of aromatic nitrogens is 1. The highest BCUT2D eigenvalue weighted by Crippen LogP contribution is 2.45. The standard InChI is InChI=1S/C23H22F2N5O5PS/c1-15(22-29-21(10-37-22)17-4-2-16(9-26)3-5-17)23(11-30-13-27-12-28-30,34-14-35-36(31,32)33)19-7-6-18(24)8-20(19)25/h2-8,10,13,15,28H,11-12,14H2,1H3,(H2,31,32,33)/t15-,23+/m0/s1. The van der Waals surface area contributed by atoms with Crippen LogP contribution in [0, 0.1) is 23.0 Å². The van der Waals surface area contributed by atoms with Crippen molar-refractivity contribution in [3.63, 3.8) is 0 Å². The second-order valence-electron chi connectivity index (χ2n) is 8.12. The molecule has 2 heterocycles. The van der Waals surface area contributed by atoms with Crippen LogP contribution in [-0.2, 0) is 19.4 Å². The van der Waals surface area contributed by atoms with Gasteiger partial charge in [-0.25, -0.2) is 23.8 Å². The number of nitrogens with one attached hydrogen (secondary N) is 1. The Balaban J connectivity index is 1.78. The van der Waals surface area contributed by atoms with E-state index in [2.05, 4.69) is 21.0 Å². The first-order valence-electron chi connectivity index (χ1n) is 10.9. The molecular formula is C23H22F2N5O5PS. The SMILES string of the molecule is C[C@@H](c1nc(-c2ccc(C#N)cc2)cs1)[C@@](CN1C=NCN1)(OCOP(=O)(O)O)c1ccc(F)cc1F. The van der Waals surface area contributed by atoms with E-state index in [1.165, 1.54) is 28.8 Å². The number of nitrogens with zero attached hydrogens (tertiary/aromatic N) is 4. The molecule has 4 rings (SSSR count). The Hall–Kier alpha value is -3.08. The number of halogens is 2. The van der Waals surface area contributed by atoms with Gasteiger partial charge in [-0.05, 0) is 18.2 Å². The van der Waals surface area contributed by atoms with Crippen LogP contribution in [0.1, 0.15) is 29.0 Å². The summed E-state index contributed by atoms with van der Waals surface area (Å²) in [6.45, 7) is 1.01. The molecule has 0 radical (unpaired) electrons. The summed E-state index contributed by atoms with van der Waals surface area (Å²) >= 11 is 1.27. The van der Waals surface area contributed by atoms with Crippen LogP contribution in [0.4, 0.5) is 8.78 Å². The molecule has 1 aliphatic heterocycles. The third-order valence-corrected chi connectivity index (χ3v) is 7.29. The number of rotatable bonds is 10. The van der Waals surface area contributed by atoms with E-state index in [9.17, 15) is 18.7 Å². The highest BCUT2D eigenvalue weighted by atomic mass is 32.1. The molecule has 10 nitrogen and oxygen atoms in total. The average Bonchev–Trinajstić information content (AvgIpc) is 3.55. The van der Waals surface area contributed by atoms with Crippen molar-refractivity contribution in [3.8, 4) is 17.3 Å². The van der Waals surface area contributed by atoms with E-state index >= 15 is 4.39 Å². The summed E-state index contributed by atoms with van der Waals surface area (Å²) in [6, 6.07) is 11.9. The number of hydrogen-bond donors (Lipinski definition) is 3. The Morgan fingerprint density at radius 2 is 2.05 bits per heavy atom. The van der Waals surface area contributed by atoms with Gasteiger partial charge in [-0.1, -0.05) is 25.1 Å². The number of phosphoric acid groups is 1. The number of ether oxygens (including phenoxy) is 1. The van der Waals surface area contributed by atoms with Gasteiger partial charge in [0.05, 0.1) is 28.9 Å². The third kappa shape index (κ3) is 6.26. The van der Waals surface area contributed by atoms with Gasteiger partial charge in [0.2, 0.25) is 0 Å². The summed E-state index contributed by atoms with van der Waals surface area (Å²) in [5.41, 5.74) is 3.11. The fraction of sp³-hybridized carbons (Fsp3) is 0.261. The Morgan fingerprint density at radius 1 is 1.30 bits per heavy atom. The average molecular weight is 549 g/mol. The number of hydrogen-bond acceptors (Lipinski definition) is 9. The van der Waals surface area contributed by atoms with Crippen LogP contribution < -0.4 is 5.43 Å². The lowest BCUT2D eigenvalue weighted by Gasteiger charge is -2.40. The van der Waals surface area contributed by atoms with Crippen LogP contribution in [0.5, 0.6) is 0 Å². The van der Waals surface area contributed by atoms with Crippen LogP contribution >= 0.6 is 19.2 Å². The van der Waals surface area contributed by atoms with Crippen LogP contribution in [-0.4, -0.2) is 46.1 Å². The van der Waals surface area contributed by atoms with Crippen molar-refractivity contribution < 1.29 is 32.4 Å². The minimum Gasteiger partial charge on any atom is -0.341 e. The van der Waals surface area contributed by atoms with Gasteiger partial charge >= 0.3 is 7.82 Å². The maximum Gasteiger partial charge on any atom is 0.471 e. The first-order valence-corrected chi connectivity index (χ1v) is 13.3. The zero-order chi connectivity index (χ0) is 26.6. The summed E-state index contributed by atoms with van der Waals surface area (Å²) < 4.78 is 50.9. The van der Waals surface area contributed by atoms with Crippen LogP contribution in [0.25, 0.3) is 11.3 Å². The smallest absolute Gasteiger partial charge is 0.341 e. The quantitative estimate of drug-likeness (QED) is 0.254. The maximum absolute atomic E-state index is 15.3. The van der Waals surface area contributed by atoms with Gasteiger partial charge in [0.25, 0.3) is 0 Å². The van der Waals surface area contributed by atoms with E-state index in [1.54, 1.807) is 36.6 Å². The lowest BCUT2D eigenvalue weighted by Crippen LogP contribution is -2.49. The van der Waals surface area contributed by atoms with E-state index in [-0.39, 0.29) is 18.8 Å². The number of nitriles is 1. The molecule has 2 aromatic carbocycles. The van der Waals surface area contributed by atoms with Gasteiger partial charge in [-0.2, -0.15) is 5.26 Å². The molecule has 1 aliphatic rings. The van der Waals surface area contributed by atoms with E-state index in [4.69, 9.17) is 15.0 Å². The maximum atomic E-state index is 15.3. The molecule has 14 heteroatoms. The molecule has 194 valence electrons. The molecule has 37 heavy (non-hydrogen) atoms. The number of thiazole rings is 1. The fourth-order valence-electron chi connectivity index (χ4n) is 3.93. The number of hydrazine groups is 1. The normalized spacial score (nSPS) is 15.9. The Kier molecular flexibility index (Phi) is 8.11. The molecule has 0 unspecified atom stereocenters. The van der Waals surface area contributed by atoms with Crippen LogP contribution in [0.2, 0.25) is 0 Å². The predicted octanol–water partition coefficient (Wildman–Crippen LogP) is 3.85. The largest absolute Gasteiger partial charge is 0.471 e. The van der Waals surface area contributed by atoms with Crippen molar-refractivity contribution >= 4 is 25.5 Å². The first-order chi connectivity index (χ1) is 17.6. The monoisotopic (exact) mass is 549 g/mol. The van der Waals surface area contributed by atoms with E-state index in [1.807, 2.05) is 0 Å². The van der Waals surface area contributed by atoms with Crippen molar-refractivity contribution in [3.05, 3.63) is 75.6 Å². The molecule has 0 bridgehead atoms. The van der Waals surface area contributed by atoms with E-state index in [0.717, 1.165) is 11.6 Å². The zero-order valence-electron chi connectivity index (χ0n) is 19.4. The molecule has 1 aromatic heterocycles. The Morgan fingerprint density at radius 3 is 2.68 bits per heavy atom. The van der Waals surface area contributed by atoms with Gasteiger partial charge < -0.3 is 14.5 Å². The molecule has 2 atom stereocenters. The van der Waals surface area contributed by atoms with Crippen LogP contribution in [0.3, 0.4) is 0 Å². The first kappa shape index (κ1) is 27.0. The van der Waals surface area contributed by atoms with Crippen LogP contribution in [0.15, 0.2) is 52.8 Å². The van der Waals surface area contributed by atoms with Gasteiger partial charge in [-0.3, -0.25) is 14.5 Å². The summed E-state index contributed by atoms with van der Waals surface area (Å²) in [6.07, 6.45) is 1.47. The Bertz CT molecular complexity index is 1380. The van der Waals surface area contributed by atoms with Gasteiger partial charge in [0, 0.05) is 28.5 Å². The molecule has 0 aliphatic carbocycles. The number of aliphatic imine (C=N–C) groups is 1. The molecule has 0 amide bonds. The highest BCUT2D eigenvalue weighted by Gasteiger charge is 2.46. The number of phosphoric ester groups is 1. The minimum absolute atomic E-state index is 0.0621. The molecule has 0 saturated carbocycles. The second kappa shape index (κ2) is 11.1. The van der Waals surface area contributed by atoms with Gasteiger partial charge in [0.1, 0.15) is 30.2 Å². The van der Waals surface area contributed by atoms with Gasteiger partial charge in [0.15, 0.2) is 6.79 Å². The molecular weight excluding hydrogens is 527 g/mol. The third-order valence-electron chi connectivity index (χ3n) is 5.82. The lowest BCUT2D eigenvalue weighted by molar-refractivity contribution is -0.139. The number of benzene rings is 2. The minimum atomic E-state index is -4.91. The summed E-state index contributed by atoms with van der Waals surface area (Å²) in [5.74, 6) is -2.43. The predicted molar refractivity (Wildman–Crippen MR) is 131 cm³/mol.